The van der Waals surface area contributed by atoms with E-state index in [-0.39, 0.29) is 10.9 Å². The second-order valence-corrected chi connectivity index (χ2v) is 3.59. The Balaban J connectivity index is 2.73. The van der Waals surface area contributed by atoms with Crippen molar-refractivity contribution in [1.29, 1.82) is 0 Å². The van der Waals surface area contributed by atoms with Gasteiger partial charge in [0.05, 0.1) is 5.39 Å². The Morgan fingerprint density at radius 3 is 2.64 bits per heavy atom. The molecule has 1 aromatic heterocycles. The first-order chi connectivity index (χ1) is 6.48. The van der Waals surface area contributed by atoms with E-state index >= 15 is 0 Å². The standard InChI is InChI=1S/C8H3BrF3NO/c9-4-1-2-6-5(3-4)7(14-13-6)8(10,11)12/h1-3H. The summed E-state index contributed by atoms with van der Waals surface area (Å²) in [5.41, 5.74) is 0.195. The second-order valence-electron chi connectivity index (χ2n) is 2.67. The maximum absolute atomic E-state index is 12.3. The van der Waals surface area contributed by atoms with Gasteiger partial charge >= 0.3 is 6.18 Å². The maximum atomic E-state index is 12.3. The van der Waals surface area contributed by atoms with Gasteiger partial charge in [-0.3, -0.25) is 0 Å². The van der Waals surface area contributed by atoms with Crippen LogP contribution in [0.2, 0.25) is 0 Å². The number of benzene rings is 1. The molecule has 0 saturated carbocycles. The normalized spacial score (nSPS) is 12.3. The van der Waals surface area contributed by atoms with E-state index in [4.69, 9.17) is 0 Å². The fourth-order valence-corrected chi connectivity index (χ4v) is 1.48. The fourth-order valence-electron chi connectivity index (χ4n) is 1.12. The Morgan fingerprint density at radius 2 is 2.00 bits per heavy atom. The SMILES string of the molecule is FC(F)(F)c1onc2ccc(Br)cc12. The molecule has 0 spiro atoms. The Kier molecular flexibility index (Phi) is 2.02. The van der Waals surface area contributed by atoms with Crippen molar-refractivity contribution in [3.8, 4) is 0 Å². The molecular formula is C8H3BrF3NO. The van der Waals surface area contributed by atoms with E-state index in [1.54, 1.807) is 6.07 Å². The molecule has 0 atom stereocenters. The molecule has 1 heterocycles. The summed E-state index contributed by atoms with van der Waals surface area (Å²) in [6.45, 7) is 0. The van der Waals surface area contributed by atoms with Crippen LogP contribution in [0.1, 0.15) is 5.76 Å². The number of nitrogens with zero attached hydrogens (tertiary/aromatic N) is 1. The molecule has 2 nitrogen and oxygen atoms in total. The lowest BCUT2D eigenvalue weighted by molar-refractivity contribution is -0.154. The highest BCUT2D eigenvalue weighted by molar-refractivity contribution is 9.10. The molecule has 0 bridgehead atoms. The third-order valence-corrected chi connectivity index (χ3v) is 2.19. The van der Waals surface area contributed by atoms with Crippen LogP contribution in [0, 0.1) is 0 Å². The molecule has 0 saturated heterocycles. The van der Waals surface area contributed by atoms with Crippen molar-refractivity contribution in [3.63, 3.8) is 0 Å². The highest BCUT2D eigenvalue weighted by Gasteiger charge is 2.38. The van der Waals surface area contributed by atoms with E-state index in [1.807, 2.05) is 0 Å². The van der Waals surface area contributed by atoms with Crippen LogP contribution in [-0.2, 0) is 6.18 Å². The number of alkyl halides is 3. The first kappa shape index (κ1) is 9.51. The summed E-state index contributed by atoms with van der Waals surface area (Å²) in [4.78, 5) is 0. The van der Waals surface area contributed by atoms with Crippen LogP contribution in [0.4, 0.5) is 13.2 Å². The zero-order chi connectivity index (χ0) is 10.3. The van der Waals surface area contributed by atoms with Gasteiger partial charge in [-0.2, -0.15) is 13.2 Å². The Labute approximate surface area is 84.8 Å². The Bertz CT molecular complexity index is 477. The number of halogens is 4. The number of hydrogen-bond acceptors (Lipinski definition) is 2. The smallest absolute Gasteiger partial charge is 0.350 e. The van der Waals surface area contributed by atoms with E-state index in [0.717, 1.165) is 0 Å². The molecule has 1 aromatic carbocycles. The lowest BCUT2D eigenvalue weighted by Crippen LogP contribution is -2.03. The van der Waals surface area contributed by atoms with Gasteiger partial charge in [0, 0.05) is 4.47 Å². The third-order valence-electron chi connectivity index (χ3n) is 1.70. The summed E-state index contributed by atoms with van der Waals surface area (Å²) in [5, 5.41) is 3.28. The van der Waals surface area contributed by atoms with Crippen molar-refractivity contribution >= 4 is 26.8 Å². The average Bonchev–Trinajstić information content (AvgIpc) is 2.45. The molecule has 0 fully saturated rings. The Morgan fingerprint density at radius 1 is 1.29 bits per heavy atom. The van der Waals surface area contributed by atoms with Crippen molar-refractivity contribution < 1.29 is 17.7 Å². The molecule has 6 heteroatoms. The molecule has 0 aliphatic rings. The number of hydrogen-bond donors (Lipinski definition) is 0. The van der Waals surface area contributed by atoms with Gasteiger partial charge in [-0.25, -0.2) is 0 Å². The van der Waals surface area contributed by atoms with Gasteiger partial charge in [-0.1, -0.05) is 21.1 Å². The largest absolute Gasteiger partial charge is 0.453 e. The molecule has 14 heavy (non-hydrogen) atoms. The molecule has 74 valence electrons. The monoisotopic (exact) mass is 265 g/mol. The zero-order valence-electron chi connectivity index (χ0n) is 6.60. The molecule has 0 amide bonds. The Hall–Kier alpha value is -1.04. The highest BCUT2D eigenvalue weighted by atomic mass is 79.9. The molecule has 0 radical (unpaired) electrons. The topological polar surface area (TPSA) is 26.0 Å². The van der Waals surface area contributed by atoms with Crippen molar-refractivity contribution in [3.05, 3.63) is 28.4 Å². The van der Waals surface area contributed by atoms with Gasteiger partial charge in [0.2, 0.25) is 5.76 Å². The van der Waals surface area contributed by atoms with Crippen molar-refractivity contribution in [2.75, 3.05) is 0 Å². The fraction of sp³-hybridized carbons (Fsp3) is 0.125. The predicted molar refractivity (Wildman–Crippen MR) is 46.7 cm³/mol. The quantitative estimate of drug-likeness (QED) is 0.728. The number of fused-ring (bicyclic) bond motifs is 1. The van der Waals surface area contributed by atoms with E-state index in [1.165, 1.54) is 12.1 Å². The van der Waals surface area contributed by atoms with Crippen molar-refractivity contribution in [2.24, 2.45) is 0 Å². The van der Waals surface area contributed by atoms with E-state index in [2.05, 4.69) is 25.6 Å². The van der Waals surface area contributed by atoms with Gasteiger partial charge in [0.25, 0.3) is 0 Å². The van der Waals surface area contributed by atoms with Gasteiger partial charge in [0.1, 0.15) is 5.52 Å². The number of rotatable bonds is 0. The summed E-state index contributed by atoms with van der Waals surface area (Å²) in [6, 6.07) is 4.39. The van der Waals surface area contributed by atoms with Gasteiger partial charge in [-0.15, -0.1) is 0 Å². The van der Waals surface area contributed by atoms with Crippen LogP contribution in [0.15, 0.2) is 27.2 Å². The highest BCUT2D eigenvalue weighted by Crippen LogP contribution is 2.35. The van der Waals surface area contributed by atoms with Gasteiger partial charge < -0.3 is 4.52 Å². The van der Waals surface area contributed by atoms with Gasteiger partial charge in [0.15, 0.2) is 0 Å². The van der Waals surface area contributed by atoms with Crippen molar-refractivity contribution in [1.82, 2.24) is 5.16 Å². The first-order valence-electron chi connectivity index (χ1n) is 3.60. The van der Waals surface area contributed by atoms with E-state index < -0.39 is 11.9 Å². The molecule has 2 rings (SSSR count). The summed E-state index contributed by atoms with van der Waals surface area (Å²) in [5.74, 6) is -1.06. The summed E-state index contributed by atoms with van der Waals surface area (Å²) in [6.07, 6.45) is -4.50. The van der Waals surface area contributed by atoms with Gasteiger partial charge in [-0.05, 0) is 18.2 Å². The molecule has 2 aromatic rings. The zero-order valence-corrected chi connectivity index (χ0v) is 8.19. The second kappa shape index (κ2) is 2.98. The van der Waals surface area contributed by atoms with E-state index in [9.17, 15) is 13.2 Å². The minimum Gasteiger partial charge on any atom is -0.350 e. The van der Waals surface area contributed by atoms with E-state index in [0.29, 0.717) is 4.47 Å². The van der Waals surface area contributed by atoms with Crippen LogP contribution in [0.25, 0.3) is 10.9 Å². The minimum atomic E-state index is -4.50. The maximum Gasteiger partial charge on any atom is 0.453 e. The van der Waals surface area contributed by atoms with Crippen LogP contribution in [-0.4, -0.2) is 5.16 Å². The average molecular weight is 266 g/mol. The molecular weight excluding hydrogens is 263 g/mol. The molecule has 0 aliphatic heterocycles. The minimum absolute atomic E-state index is 0.0353. The van der Waals surface area contributed by atoms with Crippen LogP contribution >= 0.6 is 15.9 Å². The van der Waals surface area contributed by atoms with Crippen LogP contribution < -0.4 is 0 Å². The number of aromatic nitrogens is 1. The first-order valence-corrected chi connectivity index (χ1v) is 4.40. The molecule has 0 unspecified atom stereocenters. The predicted octanol–water partition coefficient (Wildman–Crippen LogP) is 3.61. The lowest BCUT2D eigenvalue weighted by Gasteiger charge is -2.00. The summed E-state index contributed by atoms with van der Waals surface area (Å²) >= 11 is 3.08. The van der Waals surface area contributed by atoms with Crippen LogP contribution in [0.5, 0.6) is 0 Å². The summed E-state index contributed by atoms with van der Waals surface area (Å²) in [7, 11) is 0. The lowest BCUT2D eigenvalue weighted by atomic mass is 10.2. The van der Waals surface area contributed by atoms with Crippen molar-refractivity contribution in [2.45, 2.75) is 6.18 Å². The summed E-state index contributed by atoms with van der Waals surface area (Å²) < 4.78 is 41.8. The molecule has 0 aliphatic carbocycles. The van der Waals surface area contributed by atoms with Crippen LogP contribution in [0.3, 0.4) is 0 Å². The molecule has 0 N–H and O–H groups in total. The third kappa shape index (κ3) is 1.50.